The summed E-state index contributed by atoms with van der Waals surface area (Å²) in [5, 5.41) is 10.2. The maximum absolute atomic E-state index is 13.8. The Bertz CT molecular complexity index is 1560. The van der Waals surface area contributed by atoms with Gasteiger partial charge in [-0.2, -0.15) is 5.26 Å². The highest BCUT2D eigenvalue weighted by Gasteiger charge is 2.42. The van der Waals surface area contributed by atoms with Gasteiger partial charge in [-0.05, 0) is 67.2 Å². The lowest BCUT2D eigenvalue weighted by molar-refractivity contribution is -0.150. The normalized spacial score (nSPS) is 14.7. The Morgan fingerprint density at radius 3 is 1.40 bits per heavy atom. The van der Waals surface area contributed by atoms with Gasteiger partial charge < -0.3 is 18.9 Å². The van der Waals surface area contributed by atoms with Crippen molar-refractivity contribution >= 4 is 70.9 Å². The Morgan fingerprint density at radius 2 is 1.08 bits per heavy atom. The Kier molecular flexibility index (Phi) is 15.7. The number of hydrogen-bond donors (Lipinski definition) is 0. The molecule has 52 heavy (non-hydrogen) atoms. The van der Waals surface area contributed by atoms with Gasteiger partial charge in [-0.1, -0.05) is 100 Å². The van der Waals surface area contributed by atoms with E-state index in [1.165, 1.54) is 0 Å². The zero-order chi connectivity index (χ0) is 39.0. The lowest BCUT2D eigenvalue weighted by Gasteiger charge is -2.20. The third-order valence-electron chi connectivity index (χ3n) is 7.70. The molecule has 2 aliphatic heterocycles. The minimum atomic E-state index is -0.866. The lowest BCUT2D eigenvalue weighted by atomic mass is 10.00. The van der Waals surface area contributed by atoms with E-state index in [1.807, 2.05) is 33.8 Å². The van der Waals surface area contributed by atoms with Gasteiger partial charge in [0.15, 0.2) is 17.1 Å². The molecule has 0 saturated carbocycles. The molecule has 0 aromatic heterocycles. The van der Waals surface area contributed by atoms with E-state index in [-0.39, 0.29) is 31.2 Å². The van der Waals surface area contributed by atoms with Crippen LogP contribution in [0.1, 0.15) is 121 Å². The molecule has 0 radical (unpaired) electrons. The van der Waals surface area contributed by atoms with E-state index in [0.29, 0.717) is 45.3 Å². The number of ether oxygens (including phenoxy) is 4. The zero-order valence-corrected chi connectivity index (χ0v) is 34.9. The fraction of sp³-hybridized carbons (Fsp3) is 0.579. The van der Waals surface area contributed by atoms with Gasteiger partial charge in [0.25, 0.3) is 5.70 Å². The van der Waals surface area contributed by atoms with Gasteiger partial charge in [0.05, 0.1) is 46.5 Å². The van der Waals surface area contributed by atoms with Crippen molar-refractivity contribution < 1.29 is 38.1 Å². The Labute approximate surface area is 324 Å². The number of carbonyl (C=O) groups excluding carboxylic acids is 4. The maximum Gasteiger partial charge on any atom is 0.351 e. The molecule has 10 nitrogen and oxygen atoms in total. The molecule has 2 unspecified atom stereocenters. The SMILES string of the molecule is [C-]#[N+]C(C(=O)OC(C)(C)C)=C1Sc2c(OC(=O)C(CC)CCCC)c3c(c(OC(=O)C(CC)CCCC)c2S1)SC(=C(C#N)C(=O)OC(C)(C)C)S3. The molecule has 0 bridgehead atoms. The van der Waals surface area contributed by atoms with Gasteiger partial charge in [-0.25, -0.2) is 9.64 Å². The smallest absolute Gasteiger partial charge is 0.351 e. The first-order valence-corrected chi connectivity index (χ1v) is 20.8. The Hall–Kier alpha value is -3.04. The third kappa shape index (κ3) is 11.0. The lowest BCUT2D eigenvalue weighted by Crippen LogP contribution is -2.24. The van der Waals surface area contributed by atoms with Crippen molar-refractivity contribution in [3.63, 3.8) is 0 Å². The highest BCUT2D eigenvalue weighted by atomic mass is 32.2. The average molecular weight is 789 g/mol. The molecule has 2 atom stereocenters. The van der Waals surface area contributed by atoms with Crippen LogP contribution in [0.3, 0.4) is 0 Å². The van der Waals surface area contributed by atoms with Crippen molar-refractivity contribution in [2.45, 2.75) is 151 Å². The molecule has 0 amide bonds. The maximum atomic E-state index is 13.8. The summed E-state index contributed by atoms with van der Waals surface area (Å²) < 4.78 is 24.2. The number of fused-ring (bicyclic) bond motifs is 2. The molecular formula is C38H48N2O8S4. The molecule has 282 valence electrons. The predicted octanol–water partition coefficient (Wildman–Crippen LogP) is 10.8. The second-order valence-corrected chi connectivity index (χ2v) is 18.8. The van der Waals surface area contributed by atoms with Crippen LogP contribution in [-0.4, -0.2) is 35.1 Å². The molecule has 0 aliphatic carbocycles. The minimum absolute atomic E-state index is 0.151. The second-order valence-electron chi connectivity index (χ2n) is 14.2. The van der Waals surface area contributed by atoms with Crippen LogP contribution in [0, 0.1) is 29.7 Å². The quantitative estimate of drug-likeness (QED) is 0.0582. The van der Waals surface area contributed by atoms with E-state index in [9.17, 15) is 24.4 Å². The van der Waals surface area contributed by atoms with Gasteiger partial charge in [0, 0.05) is 0 Å². The highest BCUT2D eigenvalue weighted by molar-refractivity contribution is 8.26. The van der Waals surface area contributed by atoms with Crippen LogP contribution in [0.5, 0.6) is 11.5 Å². The summed E-state index contributed by atoms with van der Waals surface area (Å²) in [7, 11) is 0. The second kappa shape index (κ2) is 18.8. The number of benzene rings is 1. The summed E-state index contributed by atoms with van der Waals surface area (Å²) in [6.07, 6.45) is 5.81. The van der Waals surface area contributed by atoms with Crippen LogP contribution >= 0.6 is 47.0 Å². The summed E-state index contributed by atoms with van der Waals surface area (Å²) in [4.78, 5) is 59.2. The van der Waals surface area contributed by atoms with Crippen molar-refractivity contribution in [2.24, 2.45) is 11.8 Å². The van der Waals surface area contributed by atoms with E-state index in [1.54, 1.807) is 41.5 Å². The number of unbranched alkanes of at least 4 members (excludes halogenated alkanes) is 2. The Morgan fingerprint density at radius 1 is 0.692 bits per heavy atom. The van der Waals surface area contributed by atoms with E-state index in [2.05, 4.69) is 4.85 Å². The molecule has 0 spiro atoms. The third-order valence-corrected chi connectivity index (χ3v) is 12.9. The summed E-state index contributed by atoms with van der Waals surface area (Å²) in [5.74, 6) is -3.02. The molecular weight excluding hydrogens is 741 g/mol. The number of thioether (sulfide) groups is 4. The molecule has 0 saturated heterocycles. The molecule has 0 N–H and O–H groups in total. The number of carbonyl (C=O) groups is 4. The summed E-state index contributed by atoms with van der Waals surface area (Å²) in [6, 6.07) is 1.99. The molecule has 1 aromatic rings. The predicted molar refractivity (Wildman–Crippen MR) is 206 cm³/mol. The number of hydrogen-bond acceptors (Lipinski definition) is 13. The minimum Gasteiger partial charge on any atom is -0.465 e. The van der Waals surface area contributed by atoms with Gasteiger partial charge in [0.2, 0.25) is 0 Å². The Balaban J connectivity index is 2.35. The van der Waals surface area contributed by atoms with E-state index in [4.69, 9.17) is 25.5 Å². The van der Waals surface area contributed by atoms with Crippen molar-refractivity contribution in [1.82, 2.24) is 0 Å². The van der Waals surface area contributed by atoms with Crippen LogP contribution in [0.2, 0.25) is 0 Å². The molecule has 1 aromatic carbocycles. The molecule has 14 heteroatoms. The van der Waals surface area contributed by atoms with Crippen LogP contribution in [-0.2, 0) is 28.7 Å². The van der Waals surface area contributed by atoms with Crippen molar-refractivity contribution in [2.75, 3.05) is 0 Å². The van der Waals surface area contributed by atoms with Gasteiger partial charge >= 0.3 is 23.9 Å². The summed E-state index contributed by atoms with van der Waals surface area (Å²) in [6.45, 7) is 26.1. The topological polar surface area (TPSA) is 133 Å². The first kappa shape index (κ1) is 43.4. The summed E-state index contributed by atoms with van der Waals surface area (Å²) >= 11 is 4.22. The van der Waals surface area contributed by atoms with Crippen LogP contribution in [0.4, 0.5) is 0 Å². The molecule has 2 heterocycles. The van der Waals surface area contributed by atoms with Crippen molar-refractivity contribution in [1.29, 1.82) is 5.26 Å². The van der Waals surface area contributed by atoms with Crippen LogP contribution in [0.25, 0.3) is 4.85 Å². The zero-order valence-electron chi connectivity index (χ0n) is 31.6. The molecule has 3 rings (SSSR count). The number of nitriles is 1. The molecule has 2 aliphatic rings. The van der Waals surface area contributed by atoms with E-state index >= 15 is 0 Å². The summed E-state index contributed by atoms with van der Waals surface area (Å²) in [5.41, 5.74) is -2.21. The average Bonchev–Trinajstić information content (AvgIpc) is 3.68. The van der Waals surface area contributed by atoms with Crippen LogP contribution < -0.4 is 9.47 Å². The standard InChI is InChI=1S/C38H48N2O8S4/c1-12-16-18-21(14-3)31(41)45-25-27-28(50-35(49-27)23(20-39)33(43)47-37(5,6)7)26(46-32(42)22(15-4)19-17-13-2)30-29(25)51-36(52-30)24(40-11)34(44)48-38(8,9)10/h21-22H,12-19H2,1-10H3. The largest absolute Gasteiger partial charge is 0.465 e. The first-order valence-electron chi connectivity index (χ1n) is 17.5. The number of esters is 4. The fourth-order valence-electron chi connectivity index (χ4n) is 5.04. The van der Waals surface area contributed by atoms with Gasteiger partial charge in [0.1, 0.15) is 17.3 Å². The number of rotatable bonds is 14. The number of nitrogens with zero attached hydrogens (tertiary/aromatic N) is 2. The molecule has 0 fully saturated rings. The van der Waals surface area contributed by atoms with E-state index < -0.39 is 46.9 Å². The van der Waals surface area contributed by atoms with Crippen molar-refractivity contribution in [3.05, 3.63) is 31.2 Å². The first-order chi connectivity index (χ1) is 24.4. The fourth-order valence-corrected chi connectivity index (χ4v) is 10.3. The van der Waals surface area contributed by atoms with Crippen LogP contribution in [0.15, 0.2) is 39.3 Å². The van der Waals surface area contributed by atoms with Gasteiger partial charge in [-0.15, -0.1) is 0 Å². The van der Waals surface area contributed by atoms with E-state index in [0.717, 1.165) is 72.7 Å². The highest BCUT2D eigenvalue weighted by Crippen LogP contribution is 2.68. The van der Waals surface area contributed by atoms with Gasteiger partial charge in [-0.3, -0.25) is 14.4 Å². The monoisotopic (exact) mass is 788 g/mol. The van der Waals surface area contributed by atoms with Crippen molar-refractivity contribution in [3.8, 4) is 17.6 Å².